The van der Waals surface area contributed by atoms with Gasteiger partial charge in [0.15, 0.2) is 0 Å². The van der Waals surface area contributed by atoms with Gasteiger partial charge in [-0.05, 0) is 60.5 Å². The van der Waals surface area contributed by atoms with Gasteiger partial charge >= 0.3 is 0 Å². The molecule has 0 saturated carbocycles. The molecule has 1 unspecified atom stereocenters. The lowest BCUT2D eigenvalue weighted by atomic mass is 10.1. The number of hydrogen-bond acceptors (Lipinski definition) is 4. The van der Waals surface area contributed by atoms with Crippen LogP contribution in [0.5, 0.6) is 0 Å². The van der Waals surface area contributed by atoms with Crippen LogP contribution in [0.15, 0.2) is 88.2 Å². The fourth-order valence-electron chi connectivity index (χ4n) is 3.77. The molecule has 0 N–H and O–H groups in total. The topological polar surface area (TPSA) is 74.8 Å². The van der Waals surface area contributed by atoms with Crippen LogP contribution in [-0.2, 0) is 26.0 Å². The number of carbonyl (C=O) groups is 2. The predicted octanol–water partition coefficient (Wildman–Crippen LogP) is 4.15. The Balaban J connectivity index is 1.69. The molecule has 0 spiro atoms. The van der Waals surface area contributed by atoms with Gasteiger partial charge in [0.25, 0.3) is 5.91 Å². The van der Waals surface area contributed by atoms with E-state index in [0.717, 1.165) is 26.9 Å². The Labute approximate surface area is 199 Å². The van der Waals surface area contributed by atoms with Crippen molar-refractivity contribution in [2.75, 3.05) is 11.4 Å². The number of anilines is 1. The first-order valence-electron chi connectivity index (χ1n) is 10.2. The van der Waals surface area contributed by atoms with Crippen LogP contribution >= 0.6 is 15.9 Å². The Hall–Kier alpha value is -2.88. The predicted molar refractivity (Wildman–Crippen MR) is 125 cm³/mol. The summed E-state index contributed by atoms with van der Waals surface area (Å²) in [5.74, 6) is -1.69. The van der Waals surface area contributed by atoms with Crippen molar-refractivity contribution in [1.82, 2.24) is 4.31 Å². The van der Waals surface area contributed by atoms with E-state index in [1.54, 1.807) is 12.1 Å². The van der Waals surface area contributed by atoms with E-state index in [2.05, 4.69) is 15.9 Å². The molecule has 1 saturated heterocycles. The number of hydrogen-bond donors (Lipinski definition) is 0. The van der Waals surface area contributed by atoms with Gasteiger partial charge in [0.2, 0.25) is 15.9 Å². The molecule has 170 valence electrons. The zero-order chi connectivity index (χ0) is 23.6. The summed E-state index contributed by atoms with van der Waals surface area (Å²) in [6.45, 7) is 0.0172. The van der Waals surface area contributed by atoms with E-state index in [4.69, 9.17) is 0 Å². The second-order valence-electron chi connectivity index (χ2n) is 7.57. The highest BCUT2D eigenvalue weighted by Gasteiger charge is 2.46. The number of halogens is 2. The minimum atomic E-state index is -4.09. The monoisotopic (exact) mass is 530 g/mol. The average Bonchev–Trinajstić information content (AvgIpc) is 3.09. The quantitative estimate of drug-likeness (QED) is 0.430. The maximum absolute atomic E-state index is 13.6. The maximum Gasteiger partial charge on any atom is 0.252 e. The third-order valence-corrected chi connectivity index (χ3v) is 7.89. The number of imide groups is 1. The van der Waals surface area contributed by atoms with Crippen molar-refractivity contribution in [2.45, 2.75) is 23.8 Å². The molecule has 2 amide bonds. The van der Waals surface area contributed by atoms with Crippen molar-refractivity contribution in [2.24, 2.45) is 0 Å². The number of benzene rings is 3. The molecule has 6 nitrogen and oxygen atoms in total. The second-order valence-corrected chi connectivity index (χ2v) is 10.4. The number of carbonyl (C=O) groups excluding carboxylic acids is 2. The lowest BCUT2D eigenvalue weighted by Crippen LogP contribution is -2.46. The molecule has 0 aromatic heterocycles. The minimum absolute atomic E-state index is 0.0172. The zero-order valence-corrected chi connectivity index (χ0v) is 19.8. The molecule has 1 atom stereocenters. The summed E-state index contributed by atoms with van der Waals surface area (Å²) in [5.41, 5.74) is 1.11. The van der Waals surface area contributed by atoms with E-state index in [1.807, 2.05) is 30.3 Å². The van der Waals surface area contributed by atoms with Gasteiger partial charge in [-0.25, -0.2) is 17.7 Å². The molecule has 1 fully saturated rings. The highest BCUT2D eigenvalue weighted by Crippen LogP contribution is 2.30. The Morgan fingerprint density at radius 1 is 0.939 bits per heavy atom. The van der Waals surface area contributed by atoms with E-state index >= 15 is 0 Å². The Bertz CT molecular complexity index is 1270. The molecule has 0 radical (unpaired) electrons. The minimum Gasteiger partial charge on any atom is -0.274 e. The first-order valence-corrected chi connectivity index (χ1v) is 12.4. The summed E-state index contributed by atoms with van der Waals surface area (Å²) >= 11 is 3.29. The molecular weight excluding hydrogens is 511 g/mol. The smallest absolute Gasteiger partial charge is 0.252 e. The normalized spacial score (nSPS) is 16.6. The fraction of sp³-hybridized carbons (Fsp3) is 0.167. The lowest BCUT2D eigenvalue weighted by Gasteiger charge is -2.27. The van der Waals surface area contributed by atoms with Gasteiger partial charge in [-0.1, -0.05) is 46.3 Å². The number of sulfonamides is 1. The first kappa shape index (κ1) is 23.3. The molecule has 1 aliphatic heterocycles. The fourth-order valence-corrected chi connectivity index (χ4v) is 5.62. The van der Waals surface area contributed by atoms with Gasteiger partial charge in [-0.3, -0.25) is 9.59 Å². The molecule has 3 aromatic carbocycles. The molecule has 1 aliphatic rings. The third kappa shape index (κ3) is 4.90. The van der Waals surface area contributed by atoms with E-state index in [1.165, 1.54) is 24.3 Å². The van der Waals surface area contributed by atoms with E-state index in [9.17, 15) is 22.4 Å². The van der Waals surface area contributed by atoms with Crippen LogP contribution in [-0.4, -0.2) is 37.1 Å². The largest absolute Gasteiger partial charge is 0.274 e. The molecule has 0 aliphatic carbocycles. The zero-order valence-electron chi connectivity index (χ0n) is 17.4. The summed E-state index contributed by atoms with van der Waals surface area (Å²) in [4.78, 5) is 27.0. The molecule has 4 rings (SSSR count). The molecule has 9 heteroatoms. The molecule has 0 bridgehead atoms. The van der Waals surface area contributed by atoms with E-state index in [-0.39, 0.29) is 23.5 Å². The maximum atomic E-state index is 13.6. The van der Waals surface area contributed by atoms with Crippen molar-refractivity contribution in [3.63, 3.8) is 0 Å². The van der Waals surface area contributed by atoms with Crippen molar-refractivity contribution in [3.8, 4) is 0 Å². The third-order valence-electron chi connectivity index (χ3n) is 5.44. The van der Waals surface area contributed by atoms with Gasteiger partial charge in [0.1, 0.15) is 11.9 Å². The molecule has 1 heterocycles. The van der Waals surface area contributed by atoms with E-state index < -0.39 is 33.7 Å². The van der Waals surface area contributed by atoms with Gasteiger partial charge in [-0.15, -0.1) is 0 Å². The summed E-state index contributed by atoms with van der Waals surface area (Å²) in [6.07, 6.45) is 0.0753. The van der Waals surface area contributed by atoms with Crippen molar-refractivity contribution in [1.29, 1.82) is 0 Å². The molecular formula is C24H20BrFN2O4S. The van der Waals surface area contributed by atoms with Crippen LogP contribution in [0.1, 0.15) is 12.0 Å². The Morgan fingerprint density at radius 3 is 2.21 bits per heavy atom. The summed E-state index contributed by atoms with van der Waals surface area (Å²) in [6, 6.07) is 19.2. The average molecular weight is 531 g/mol. The highest BCUT2D eigenvalue weighted by molar-refractivity contribution is 9.10. The van der Waals surface area contributed by atoms with Crippen LogP contribution in [0.2, 0.25) is 0 Å². The van der Waals surface area contributed by atoms with Crippen LogP contribution in [0, 0.1) is 5.82 Å². The second kappa shape index (κ2) is 9.54. The van der Waals surface area contributed by atoms with Crippen LogP contribution in [0.25, 0.3) is 0 Å². The number of amides is 2. The van der Waals surface area contributed by atoms with Gasteiger partial charge < -0.3 is 0 Å². The molecule has 33 heavy (non-hydrogen) atoms. The van der Waals surface area contributed by atoms with Crippen molar-refractivity contribution in [3.05, 3.63) is 94.7 Å². The van der Waals surface area contributed by atoms with Crippen LogP contribution in [0.3, 0.4) is 0 Å². The van der Waals surface area contributed by atoms with Gasteiger partial charge in [0, 0.05) is 11.0 Å². The Morgan fingerprint density at radius 2 is 1.58 bits per heavy atom. The Kier molecular flexibility index (Phi) is 6.73. The van der Waals surface area contributed by atoms with Crippen LogP contribution < -0.4 is 4.90 Å². The number of rotatable bonds is 7. The number of nitrogens with zero attached hydrogens (tertiary/aromatic N) is 2. The summed E-state index contributed by atoms with van der Waals surface area (Å²) in [5, 5.41) is 0. The lowest BCUT2D eigenvalue weighted by molar-refractivity contribution is -0.122. The SMILES string of the molecule is O=C1CC(N(CCc2ccccc2)S(=O)(=O)c2ccc(Br)cc2)C(=O)N1c1ccc(F)cc1. The standard InChI is InChI=1S/C24H20BrFN2O4S/c25-18-6-12-21(13-7-18)33(31,32)27(15-14-17-4-2-1-3-5-17)22-16-23(29)28(24(22)30)20-10-8-19(26)9-11-20/h1-13,22H,14-16H2. The highest BCUT2D eigenvalue weighted by atomic mass is 79.9. The van der Waals surface area contributed by atoms with Gasteiger partial charge in [0.05, 0.1) is 17.0 Å². The summed E-state index contributed by atoms with van der Waals surface area (Å²) < 4.78 is 42.3. The summed E-state index contributed by atoms with van der Waals surface area (Å²) in [7, 11) is -4.09. The first-order chi connectivity index (χ1) is 15.8. The van der Waals surface area contributed by atoms with Gasteiger partial charge in [-0.2, -0.15) is 4.31 Å². The van der Waals surface area contributed by atoms with Crippen molar-refractivity contribution < 1.29 is 22.4 Å². The molecule has 3 aromatic rings. The van der Waals surface area contributed by atoms with Crippen molar-refractivity contribution >= 4 is 43.5 Å². The van der Waals surface area contributed by atoms with E-state index in [0.29, 0.717) is 10.9 Å². The van der Waals surface area contributed by atoms with Crippen LogP contribution in [0.4, 0.5) is 10.1 Å².